The molecule has 4 atom stereocenters. The zero-order valence-electron chi connectivity index (χ0n) is 20.7. The number of allylic oxidation sites excluding steroid dienone is 2. The van der Waals surface area contributed by atoms with Crippen molar-refractivity contribution in [2.75, 3.05) is 20.1 Å². The molecule has 5 N–H and O–H groups in total. The van der Waals surface area contributed by atoms with Gasteiger partial charge < -0.3 is 27.0 Å². The van der Waals surface area contributed by atoms with Gasteiger partial charge in [0.15, 0.2) is 0 Å². The van der Waals surface area contributed by atoms with Crippen LogP contribution < -0.4 is 73.1 Å². The summed E-state index contributed by atoms with van der Waals surface area (Å²) in [4.78, 5) is 30.6. The minimum absolute atomic E-state index is 0. The van der Waals surface area contributed by atoms with Crippen LogP contribution in [0.5, 0.6) is 0 Å². The molecule has 0 fully saturated rings. The Labute approximate surface area is 253 Å². The van der Waals surface area contributed by atoms with E-state index in [4.69, 9.17) is 5.73 Å². The minimum atomic E-state index is -0.322. The summed E-state index contributed by atoms with van der Waals surface area (Å²) in [7, 11) is 1.69. The van der Waals surface area contributed by atoms with Crippen LogP contribution in [0.2, 0.25) is 0 Å². The molecule has 0 saturated carbocycles. The summed E-state index contributed by atoms with van der Waals surface area (Å²) in [6.07, 6.45) is 6.56. The smallest absolute Gasteiger partial charge is 0.689 e. The molecular formula is C25H31KN6O2S. The predicted molar refractivity (Wildman–Crippen MR) is 137 cm³/mol. The average Bonchev–Trinajstić information content (AvgIpc) is 3.23. The second-order valence-corrected chi connectivity index (χ2v) is 10.2. The molecule has 180 valence electrons. The number of nitrogens with two attached hydrogens (primary N) is 1. The molecule has 0 spiro atoms. The largest absolute Gasteiger partial charge is 1.00 e. The Morgan fingerprint density at radius 3 is 2.69 bits per heavy atom. The molecule has 0 bridgehead atoms. The van der Waals surface area contributed by atoms with Gasteiger partial charge in [-0.1, -0.05) is 42.8 Å². The Morgan fingerprint density at radius 1 is 1.23 bits per heavy atom. The summed E-state index contributed by atoms with van der Waals surface area (Å²) in [6.45, 7) is 4.50. The molecular weight excluding hydrogens is 487 g/mol. The summed E-state index contributed by atoms with van der Waals surface area (Å²) >= 11 is 1.67. The molecule has 35 heavy (non-hydrogen) atoms. The van der Waals surface area contributed by atoms with Crippen molar-refractivity contribution in [1.82, 2.24) is 16.0 Å². The maximum Gasteiger partial charge on any atom is 1.00 e. The van der Waals surface area contributed by atoms with Gasteiger partial charge in [0.2, 0.25) is 5.91 Å². The standard InChI is InChI=1S/C25H32N6O2S.K/c1-14-4-6-16(7-5-14)23-15(2)8-19(27-3)24(31-23)25(33)30-13-22(32)29-12-18-9-17-11-28-21(26)10-20(17)34-18;/h4-7,9-11,15,17,20,23,31H,8,12-13,26H2,1-3H3,(H3,27,29,30,32,33);/q;+1/p-1/t15?,17?,20?,23-;/m0./s1. The van der Waals surface area contributed by atoms with Crippen molar-refractivity contribution in [1.29, 1.82) is 0 Å². The van der Waals surface area contributed by atoms with Gasteiger partial charge in [-0.3, -0.25) is 9.59 Å². The van der Waals surface area contributed by atoms with E-state index >= 15 is 0 Å². The van der Waals surface area contributed by atoms with Gasteiger partial charge in [-0.15, -0.1) is 24.5 Å². The van der Waals surface area contributed by atoms with Crippen LogP contribution in [-0.4, -0.2) is 43.4 Å². The van der Waals surface area contributed by atoms with Crippen LogP contribution in [0.3, 0.4) is 0 Å². The van der Waals surface area contributed by atoms with Crippen molar-refractivity contribution in [2.45, 2.75) is 31.6 Å². The van der Waals surface area contributed by atoms with E-state index in [9.17, 15) is 9.59 Å². The summed E-state index contributed by atoms with van der Waals surface area (Å²) in [5.41, 5.74) is 9.23. The fourth-order valence-electron chi connectivity index (χ4n) is 4.35. The molecule has 8 nitrogen and oxygen atoms in total. The Bertz CT molecular complexity index is 1080. The first-order valence-electron chi connectivity index (χ1n) is 11.4. The third-order valence-electron chi connectivity index (χ3n) is 6.25. The first-order chi connectivity index (χ1) is 16.3. The van der Waals surface area contributed by atoms with Gasteiger partial charge in [0.1, 0.15) is 5.82 Å². The van der Waals surface area contributed by atoms with Gasteiger partial charge in [-0.25, -0.2) is 4.99 Å². The maximum absolute atomic E-state index is 13.0. The van der Waals surface area contributed by atoms with E-state index in [1.54, 1.807) is 18.8 Å². The second-order valence-electron chi connectivity index (χ2n) is 8.88. The third kappa shape index (κ3) is 7.02. The minimum Gasteiger partial charge on any atom is -0.689 e. The number of benzene rings is 1. The molecule has 10 heteroatoms. The van der Waals surface area contributed by atoms with Crippen molar-refractivity contribution in [3.63, 3.8) is 0 Å². The van der Waals surface area contributed by atoms with Crippen LogP contribution in [0.25, 0.3) is 5.32 Å². The van der Waals surface area contributed by atoms with Crippen LogP contribution in [0, 0.1) is 18.8 Å². The number of carbonyl (C=O) groups is 2. The van der Waals surface area contributed by atoms with Gasteiger partial charge >= 0.3 is 51.4 Å². The molecule has 0 aliphatic carbocycles. The fraction of sp³-hybridized carbons (Fsp3) is 0.400. The summed E-state index contributed by atoms with van der Waals surface area (Å²) in [5, 5.41) is 13.5. The number of nitrogens with zero attached hydrogens (tertiary/aromatic N) is 2. The van der Waals surface area contributed by atoms with Gasteiger partial charge in [0.25, 0.3) is 5.91 Å². The number of aryl methyl sites for hydroxylation is 1. The van der Waals surface area contributed by atoms with Crippen LogP contribution in [-0.2, 0) is 9.59 Å². The molecule has 0 aromatic heterocycles. The van der Waals surface area contributed by atoms with E-state index < -0.39 is 0 Å². The predicted octanol–water partition coefficient (Wildman–Crippen LogP) is -0.383. The van der Waals surface area contributed by atoms with Crippen LogP contribution in [0.4, 0.5) is 0 Å². The molecule has 2 amide bonds. The van der Waals surface area contributed by atoms with Crippen molar-refractivity contribution < 1.29 is 61.0 Å². The summed E-state index contributed by atoms with van der Waals surface area (Å²) < 4.78 is 0. The van der Waals surface area contributed by atoms with Gasteiger partial charge in [-0.05, 0) is 30.9 Å². The van der Waals surface area contributed by atoms with Crippen molar-refractivity contribution in [2.24, 2.45) is 22.6 Å². The number of amides is 2. The quantitative estimate of drug-likeness (QED) is 0.367. The van der Waals surface area contributed by atoms with E-state index in [2.05, 4.69) is 70.4 Å². The first-order valence-corrected chi connectivity index (χ1v) is 12.3. The van der Waals surface area contributed by atoms with E-state index in [0.717, 1.165) is 16.2 Å². The average molecular weight is 519 g/mol. The molecule has 3 unspecified atom stereocenters. The zero-order valence-corrected chi connectivity index (χ0v) is 24.6. The van der Waals surface area contributed by atoms with Crippen molar-refractivity contribution in [3.05, 3.63) is 75.0 Å². The Hall–Kier alpha value is -1.56. The van der Waals surface area contributed by atoms with E-state index in [1.807, 2.05) is 12.3 Å². The number of hydrogen-bond acceptors (Lipinski definition) is 6. The number of hydrogen-bond donors (Lipinski definition) is 4. The number of fused-ring (bicyclic) bond motifs is 1. The van der Waals surface area contributed by atoms with E-state index in [1.165, 1.54) is 5.56 Å². The van der Waals surface area contributed by atoms with Crippen molar-refractivity contribution >= 4 is 29.8 Å². The van der Waals surface area contributed by atoms with Crippen LogP contribution >= 0.6 is 11.8 Å². The molecule has 0 saturated heterocycles. The van der Waals surface area contributed by atoms with E-state index in [0.29, 0.717) is 24.5 Å². The SMILES string of the molecule is C[N-]C1=C(C(=O)NCC(=O)NCC2=CC3C=NC(N)=CC3S2)N[C@H](c2ccc(C)cc2)C(C)C1.[K+]. The molecule has 0 radical (unpaired) electrons. The fourth-order valence-corrected chi connectivity index (χ4v) is 5.60. The first kappa shape index (κ1) is 28.0. The Balaban J connectivity index is 0.00000342. The topological polar surface area (TPSA) is 123 Å². The number of nitrogens with one attached hydrogen (secondary N) is 3. The molecule has 4 rings (SSSR count). The van der Waals surface area contributed by atoms with E-state index in [-0.39, 0.29) is 92.9 Å². The van der Waals surface area contributed by atoms with Gasteiger partial charge in [0.05, 0.1) is 18.3 Å². The number of aliphatic imine (C=N–C) groups is 1. The Morgan fingerprint density at radius 2 is 1.97 bits per heavy atom. The molecule has 1 aromatic carbocycles. The van der Waals surface area contributed by atoms with Crippen molar-refractivity contribution in [3.8, 4) is 0 Å². The van der Waals surface area contributed by atoms with Crippen LogP contribution in [0.1, 0.15) is 30.5 Å². The monoisotopic (exact) mass is 518 g/mol. The molecule has 3 aliphatic heterocycles. The third-order valence-corrected chi connectivity index (χ3v) is 7.56. The number of carbonyl (C=O) groups excluding carboxylic acids is 2. The maximum atomic E-state index is 13.0. The summed E-state index contributed by atoms with van der Waals surface area (Å²) in [5.74, 6) is 0.434. The normalized spacial score (nSPS) is 24.9. The summed E-state index contributed by atoms with van der Waals surface area (Å²) in [6, 6.07) is 8.32. The van der Waals surface area contributed by atoms with Gasteiger partial charge in [0, 0.05) is 28.8 Å². The number of rotatable bonds is 7. The van der Waals surface area contributed by atoms with Crippen LogP contribution in [0.15, 0.2) is 63.5 Å². The Kier molecular flexibility index (Phi) is 10.1. The number of thioether (sulfide) groups is 1. The molecule has 3 heterocycles. The molecule has 3 aliphatic rings. The van der Waals surface area contributed by atoms with Gasteiger partial charge in [-0.2, -0.15) is 0 Å². The zero-order chi connectivity index (χ0) is 24.2. The molecule has 1 aromatic rings. The second kappa shape index (κ2) is 12.6.